The molecule has 2 N–H and O–H groups in total. The second-order valence-corrected chi connectivity index (χ2v) is 5.64. The minimum Gasteiger partial charge on any atom is -0.380 e. The average molecular weight is 302 g/mol. The summed E-state index contributed by atoms with van der Waals surface area (Å²) in [5, 5.41) is 10.1. The van der Waals surface area contributed by atoms with Gasteiger partial charge in [-0.15, -0.1) is 0 Å². The standard InChI is InChI=1S/C16H19FN4O/c1-11(5-8-21-7-2-6-18-21)19-15-9-12-3-4-16(22)20-14(12)10-13(15)17/h2,6-7,9-11,19H,3-5,8H2,1H3,(H,20,22)/t11-/m1/s1. The molecule has 1 amide bonds. The van der Waals surface area contributed by atoms with Gasteiger partial charge >= 0.3 is 0 Å². The van der Waals surface area contributed by atoms with Crippen LogP contribution in [0.5, 0.6) is 0 Å². The molecule has 0 saturated heterocycles. The molecule has 116 valence electrons. The van der Waals surface area contributed by atoms with E-state index in [0.717, 1.165) is 18.5 Å². The van der Waals surface area contributed by atoms with Crippen molar-refractivity contribution in [2.45, 2.75) is 38.8 Å². The fourth-order valence-corrected chi connectivity index (χ4v) is 2.61. The van der Waals surface area contributed by atoms with Crippen molar-refractivity contribution in [2.24, 2.45) is 0 Å². The third kappa shape index (κ3) is 3.27. The van der Waals surface area contributed by atoms with Crippen LogP contribution in [0.25, 0.3) is 0 Å². The molecule has 0 spiro atoms. The first kappa shape index (κ1) is 14.6. The van der Waals surface area contributed by atoms with Crippen molar-refractivity contribution < 1.29 is 9.18 Å². The fraction of sp³-hybridized carbons (Fsp3) is 0.375. The third-order valence-electron chi connectivity index (χ3n) is 3.84. The van der Waals surface area contributed by atoms with Crippen LogP contribution in [0.2, 0.25) is 0 Å². The van der Waals surface area contributed by atoms with Gasteiger partial charge in [-0.3, -0.25) is 9.48 Å². The number of rotatable bonds is 5. The van der Waals surface area contributed by atoms with Crippen LogP contribution in [-0.4, -0.2) is 21.7 Å². The van der Waals surface area contributed by atoms with Crippen LogP contribution in [0.15, 0.2) is 30.6 Å². The number of hydrogen-bond donors (Lipinski definition) is 2. The second kappa shape index (κ2) is 6.17. The number of amides is 1. The molecule has 22 heavy (non-hydrogen) atoms. The van der Waals surface area contributed by atoms with Crippen molar-refractivity contribution in [3.8, 4) is 0 Å². The highest BCUT2D eigenvalue weighted by atomic mass is 19.1. The van der Waals surface area contributed by atoms with Crippen LogP contribution >= 0.6 is 0 Å². The van der Waals surface area contributed by atoms with E-state index in [-0.39, 0.29) is 17.8 Å². The topological polar surface area (TPSA) is 59.0 Å². The molecule has 5 nitrogen and oxygen atoms in total. The van der Waals surface area contributed by atoms with Gasteiger partial charge in [-0.2, -0.15) is 5.10 Å². The summed E-state index contributed by atoms with van der Waals surface area (Å²) in [6, 6.07) is 5.20. The summed E-state index contributed by atoms with van der Waals surface area (Å²) >= 11 is 0. The molecule has 1 aliphatic heterocycles. The smallest absolute Gasteiger partial charge is 0.224 e. The molecule has 1 aromatic carbocycles. The molecule has 3 rings (SSSR count). The summed E-state index contributed by atoms with van der Waals surface area (Å²) in [4.78, 5) is 11.3. The number of nitrogens with zero attached hydrogens (tertiary/aromatic N) is 2. The van der Waals surface area contributed by atoms with E-state index in [2.05, 4.69) is 15.7 Å². The number of hydrogen-bond acceptors (Lipinski definition) is 3. The Morgan fingerprint density at radius 1 is 1.45 bits per heavy atom. The lowest BCUT2D eigenvalue weighted by atomic mass is 10.0. The monoisotopic (exact) mass is 302 g/mol. The number of aryl methyl sites for hydroxylation is 2. The largest absolute Gasteiger partial charge is 0.380 e. The maximum atomic E-state index is 14.1. The Kier molecular flexibility index (Phi) is 4.09. The third-order valence-corrected chi connectivity index (χ3v) is 3.84. The highest BCUT2D eigenvalue weighted by Crippen LogP contribution is 2.29. The van der Waals surface area contributed by atoms with E-state index < -0.39 is 0 Å². The molecule has 1 atom stereocenters. The van der Waals surface area contributed by atoms with Crippen LogP contribution in [0.3, 0.4) is 0 Å². The maximum absolute atomic E-state index is 14.1. The molecule has 1 aliphatic rings. The molecule has 0 bridgehead atoms. The molecule has 0 saturated carbocycles. The van der Waals surface area contributed by atoms with Crippen LogP contribution in [0.4, 0.5) is 15.8 Å². The van der Waals surface area contributed by atoms with Gasteiger partial charge in [0.1, 0.15) is 5.82 Å². The van der Waals surface area contributed by atoms with Crippen LogP contribution in [-0.2, 0) is 17.8 Å². The maximum Gasteiger partial charge on any atom is 0.224 e. The average Bonchev–Trinajstić information content (AvgIpc) is 2.99. The molecule has 0 radical (unpaired) electrons. The van der Waals surface area contributed by atoms with Crippen LogP contribution in [0, 0.1) is 5.82 Å². The molecule has 2 heterocycles. The quantitative estimate of drug-likeness (QED) is 0.893. The summed E-state index contributed by atoms with van der Waals surface area (Å²) < 4.78 is 16.0. The molecule has 0 unspecified atom stereocenters. The fourth-order valence-electron chi connectivity index (χ4n) is 2.61. The number of aromatic nitrogens is 2. The Labute approximate surface area is 128 Å². The minimum atomic E-state index is -0.341. The Balaban J connectivity index is 1.65. The first-order valence-corrected chi connectivity index (χ1v) is 7.48. The van der Waals surface area contributed by atoms with Gasteiger partial charge in [0.25, 0.3) is 0 Å². The van der Waals surface area contributed by atoms with Crippen LogP contribution in [0.1, 0.15) is 25.3 Å². The van der Waals surface area contributed by atoms with Crippen LogP contribution < -0.4 is 10.6 Å². The van der Waals surface area contributed by atoms with Gasteiger partial charge in [0.15, 0.2) is 0 Å². The molecular formula is C16H19FN4O. The Hall–Kier alpha value is -2.37. The molecular weight excluding hydrogens is 283 g/mol. The van der Waals surface area contributed by atoms with E-state index in [1.165, 1.54) is 6.07 Å². The van der Waals surface area contributed by atoms with Gasteiger partial charge in [-0.1, -0.05) is 0 Å². The number of halogens is 1. The van der Waals surface area contributed by atoms with E-state index in [1.807, 2.05) is 23.9 Å². The lowest BCUT2D eigenvalue weighted by Gasteiger charge is -2.21. The van der Waals surface area contributed by atoms with Crippen molar-refractivity contribution in [1.82, 2.24) is 9.78 Å². The SMILES string of the molecule is C[C@H](CCn1cccn1)Nc1cc2c(cc1F)NC(=O)CC2. The van der Waals surface area contributed by atoms with Gasteiger partial charge in [0.2, 0.25) is 5.91 Å². The zero-order valence-electron chi connectivity index (χ0n) is 12.5. The Morgan fingerprint density at radius 3 is 3.09 bits per heavy atom. The zero-order valence-corrected chi connectivity index (χ0v) is 12.5. The number of carbonyl (C=O) groups is 1. The van der Waals surface area contributed by atoms with Crippen molar-refractivity contribution in [3.63, 3.8) is 0 Å². The van der Waals surface area contributed by atoms with E-state index in [0.29, 0.717) is 24.2 Å². The van der Waals surface area contributed by atoms with Gasteiger partial charge < -0.3 is 10.6 Å². The Bertz CT molecular complexity index is 669. The Morgan fingerprint density at radius 2 is 2.32 bits per heavy atom. The highest BCUT2D eigenvalue weighted by molar-refractivity contribution is 5.94. The van der Waals surface area contributed by atoms with Crippen molar-refractivity contribution in [1.29, 1.82) is 0 Å². The number of carbonyl (C=O) groups excluding carboxylic acids is 1. The number of fused-ring (bicyclic) bond motifs is 1. The van der Waals surface area contributed by atoms with E-state index in [9.17, 15) is 9.18 Å². The van der Waals surface area contributed by atoms with Gasteiger partial charge in [0, 0.05) is 37.1 Å². The van der Waals surface area contributed by atoms with Crippen molar-refractivity contribution in [3.05, 3.63) is 42.0 Å². The number of benzene rings is 1. The van der Waals surface area contributed by atoms with Gasteiger partial charge in [-0.05, 0) is 43.5 Å². The van der Waals surface area contributed by atoms with Gasteiger partial charge in [-0.25, -0.2) is 4.39 Å². The number of anilines is 2. The highest BCUT2D eigenvalue weighted by Gasteiger charge is 2.18. The number of nitrogens with one attached hydrogen (secondary N) is 2. The van der Waals surface area contributed by atoms with Crippen molar-refractivity contribution in [2.75, 3.05) is 10.6 Å². The minimum absolute atomic E-state index is 0.0554. The second-order valence-electron chi connectivity index (χ2n) is 5.64. The van der Waals surface area contributed by atoms with Crippen molar-refractivity contribution >= 4 is 17.3 Å². The predicted octanol–water partition coefficient (Wildman–Crippen LogP) is 2.80. The lowest BCUT2D eigenvalue weighted by molar-refractivity contribution is -0.116. The summed E-state index contributed by atoms with van der Waals surface area (Å²) in [5.74, 6) is -0.396. The summed E-state index contributed by atoms with van der Waals surface area (Å²) in [6.45, 7) is 2.80. The zero-order chi connectivity index (χ0) is 15.5. The van der Waals surface area contributed by atoms with Gasteiger partial charge in [0.05, 0.1) is 5.69 Å². The first-order chi connectivity index (χ1) is 10.6. The summed E-state index contributed by atoms with van der Waals surface area (Å²) in [6.07, 6.45) is 5.60. The summed E-state index contributed by atoms with van der Waals surface area (Å²) in [7, 11) is 0. The van der Waals surface area contributed by atoms with E-state index >= 15 is 0 Å². The predicted molar refractivity (Wildman–Crippen MR) is 83.3 cm³/mol. The molecule has 6 heteroatoms. The molecule has 1 aromatic heterocycles. The van der Waals surface area contributed by atoms with E-state index in [4.69, 9.17) is 0 Å². The first-order valence-electron chi connectivity index (χ1n) is 7.48. The van der Waals surface area contributed by atoms with E-state index in [1.54, 1.807) is 12.3 Å². The normalized spacial score (nSPS) is 15.1. The molecule has 0 fully saturated rings. The lowest BCUT2D eigenvalue weighted by Crippen LogP contribution is -2.21. The molecule has 2 aromatic rings. The summed E-state index contributed by atoms with van der Waals surface area (Å²) in [5.41, 5.74) is 2.05. The molecule has 0 aliphatic carbocycles.